The van der Waals surface area contributed by atoms with E-state index in [-0.39, 0.29) is 0 Å². The standard InChI is InChI=1S/C27H28N4O2/c1-18(2)7-6-8-20-15-21(10-9-19(20)3)23-17-31-14-13-28-27(31)26(30-23)29-22-11-12-24(32-4)25(16-22)33-5/h6-17H,1-5H3,(H,29,30)/b8-6-. The number of aryl methyl sites for hydroxylation is 1. The number of hydrogen-bond acceptors (Lipinski definition) is 5. The van der Waals surface area contributed by atoms with Crippen LogP contribution in [0.2, 0.25) is 0 Å². The lowest BCUT2D eigenvalue weighted by Crippen LogP contribution is -2.01. The number of aromatic nitrogens is 3. The minimum Gasteiger partial charge on any atom is -0.493 e. The second-order valence-electron chi connectivity index (χ2n) is 8.00. The summed E-state index contributed by atoms with van der Waals surface area (Å²) in [7, 11) is 3.24. The molecule has 1 N–H and O–H groups in total. The van der Waals surface area contributed by atoms with E-state index in [9.17, 15) is 0 Å². The van der Waals surface area contributed by atoms with Gasteiger partial charge in [-0.1, -0.05) is 35.9 Å². The molecule has 0 aliphatic rings. The molecule has 0 atom stereocenters. The Hall–Kier alpha value is -4.06. The third-order valence-electron chi connectivity index (χ3n) is 5.30. The van der Waals surface area contributed by atoms with Crippen molar-refractivity contribution < 1.29 is 9.47 Å². The number of imidazole rings is 1. The van der Waals surface area contributed by atoms with E-state index in [4.69, 9.17) is 14.5 Å². The molecule has 4 rings (SSSR count). The first-order valence-corrected chi connectivity index (χ1v) is 10.7. The second kappa shape index (κ2) is 9.61. The molecule has 0 bridgehead atoms. The van der Waals surface area contributed by atoms with Crippen molar-refractivity contribution >= 4 is 23.2 Å². The van der Waals surface area contributed by atoms with Crippen LogP contribution in [0.5, 0.6) is 11.5 Å². The van der Waals surface area contributed by atoms with Crippen molar-refractivity contribution in [2.75, 3.05) is 19.5 Å². The van der Waals surface area contributed by atoms with E-state index in [2.05, 4.69) is 67.5 Å². The Kier molecular flexibility index (Phi) is 6.45. The van der Waals surface area contributed by atoms with Crippen molar-refractivity contribution in [3.05, 3.63) is 83.8 Å². The van der Waals surface area contributed by atoms with Crippen LogP contribution in [0, 0.1) is 6.92 Å². The van der Waals surface area contributed by atoms with Crippen LogP contribution in [-0.4, -0.2) is 28.6 Å². The number of ether oxygens (including phenoxy) is 2. The van der Waals surface area contributed by atoms with Gasteiger partial charge in [-0.05, 0) is 50.1 Å². The van der Waals surface area contributed by atoms with Crippen molar-refractivity contribution in [1.29, 1.82) is 0 Å². The van der Waals surface area contributed by atoms with Crippen LogP contribution in [0.4, 0.5) is 11.5 Å². The van der Waals surface area contributed by atoms with Crippen molar-refractivity contribution in [1.82, 2.24) is 14.4 Å². The molecule has 2 heterocycles. The minimum absolute atomic E-state index is 0.643. The molecule has 2 aromatic heterocycles. The molecule has 0 saturated carbocycles. The van der Waals surface area contributed by atoms with Crippen molar-refractivity contribution in [3.8, 4) is 22.8 Å². The number of benzene rings is 2. The molecule has 33 heavy (non-hydrogen) atoms. The lowest BCUT2D eigenvalue weighted by molar-refractivity contribution is 0.355. The molecule has 0 aliphatic carbocycles. The molecule has 2 aromatic carbocycles. The summed E-state index contributed by atoms with van der Waals surface area (Å²) in [6, 6.07) is 12.0. The van der Waals surface area contributed by atoms with Crippen LogP contribution in [0.1, 0.15) is 25.0 Å². The smallest absolute Gasteiger partial charge is 0.180 e. The summed E-state index contributed by atoms with van der Waals surface area (Å²) in [5, 5.41) is 3.39. The highest BCUT2D eigenvalue weighted by Gasteiger charge is 2.12. The third-order valence-corrected chi connectivity index (χ3v) is 5.30. The molecule has 168 valence electrons. The summed E-state index contributed by atoms with van der Waals surface area (Å²) < 4.78 is 12.8. The van der Waals surface area contributed by atoms with Crippen LogP contribution in [-0.2, 0) is 0 Å². The Morgan fingerprint density at radius 1 is 1.03 bits per heavy atom. The van der Waals surface area contributed by atoms with Gasteiger partial charge in [0.15, 0.2) is 23.0 Å². The van der Waals surface area contributed by atoms with Gasteiger partial charge in [-0.25, -0.2) is 9.97 Å². The number of nitrogens with zero attached hydrogens (tertiary/aromatic N) is 3. The Morgan fingerprint density at radius 3 is 2.61 bits per heavy atom. The Morgan fingerprint density at radius 2 is 1.85 bits per heavy atom. The average Bonchev–Trinajstić information content (AvgIpc) is 3.29. The van der Waals surface area contributed by atoms with Crippen LogP contribution in [0.3, 0.4) is 0 Å². The van der Waals surface area contributed by atoms with E-state index in [1.54, 1.807) is 20.4 Å². The van der Waals surface area contributed by atoms with Crippen molar-refractivity contribution in [2.24, 2.45) is 0 Å². The van der Waals surface area contributed by atoms with Crippen LogP contribution >= 0.6 is 0 Å². The van der Waals surface area contributed by atoms with Gasteiger partial charge in [-0.2, -0.15) is 0 Å². The largest absolute Gasteiger partial charge is 0.493 e. The molecule has 0 radical (unpaired) electrons. The average molecular weight is 441 g/mol. The number of hydrogen-bond donors (Lipinski definition) is 1. The monoisotopic (exact) mass is 440 g/mol. The number of rotatable bonds is 7. The van der Waals surface area contributed by atoms with E-state index >= 15 is 0 Å². The fourth-order valence-electron chi connectivity index (χ4n) is 3.53. The molecule has 0 saturated heterocycles. The molecule has 0 aliphatic heterocycles. The fraction of sp³-hybridized carbons (Fsp3) is 0.185. The SMILES string of the molecule is COc1ccc(Nc2nc(-c3ccc(C)c(/C=C\C=C(C)C)c3)cn3ccnc23)cc1OC. The van der Waals surface area contributed by atoms with Crippen LogP contribution < -0.4 is 14.8 Å². The van der Waals surface area contributed by atoms with Gasteiger partial charge in [0.25, 0.3) is 0 Å². The Labute approximate surface area is 194 Å². The first-order valence-electron chi connectivity index (χ1n) is 10.7. The quantitative estimate of drug-likeness (QED) is 0.335. The minimum atomic E-state index is 0.643. The highest BCUT2D eigenvalue weighted by Crippen LogP contribution is 2.32. The first-order chi connectivity index (χ1) is 16.0. The fourth-order valence-corrected chi connectivity index (χ4v) is 3.53. The third kappa shape index (κ3) is 4.90. The van der Waals surface area contributed by atoms with E-state index in [0.29, 0.717) is 17.3 Å². The van der Waals surface area contributed by atoms with E-state index < -0.39 is 0 Å². The van der Waals surface area contributed by atoms with E-state index in [1.165, 1.54) is 11.1 Å². The highest BCUT2D eigenvalue weighted by molar-refractivity contribution is 5.75. The molecule has 6 heteroatoms. The topological polar surface area (TPSA) is 60.7 Å². The maximum absolute atomic E-state index is 5.43. The molecular weight excluding hydrogens is 412 g/mol. The normalized spacial score (nSPS) is 11.1. The molecule has 0 amide bonds. The summed E-state index contributed by atoms with van der Waals surface area (Å²) in [5.74, 6) is 1.97. The number of methoxy groups -OCH3 is 2. The Balaban J connectivity index is 1.74. The van der Waals surface area contributed by atoms with Gasteiger partial charge in [-0.15, -0.1) is 0 Å². The maximum atomic E-state index is 5.43. The summed E-state index contributed by atoms with van der Waals surface area (Å²) in [4.78, 5) is 9.39. The van der Waals surface area contributed by atoms with Crippen molar-refractivity contribution in [2.45, 2.75) is 20.8 Å². The lowest BCUT2D eigenvalue weighted by Gasteiger charge is -2.13. The number of nitrogens with one attached hydrogen (secondary N) is 1. The van der Waals surface area contributed by atoms with Gasteiger partial charge in [0.2, 0.25) is 0 Å². The summed E-state index contributed by atoms with van der Waals surface area (Å²) in [5.41, 5.74) is 7.08. The molecule has 0 unspecified atom stereocenters. The summed E-state index contributed by atoms with van der Waals surface area (Å²) in [6.45, 7) is 6.29. The zero-order valence-electron chi connectivity index (χ0n) is 19.6. The number of anilines is 2. The predicted molar refractivity (Wildman–Crippen MR) is 134 cm³/mol. The maximum Gasteiger partial charge on any atom is 0.180 e. The zero-order valence-corrected chi connectivity index (χ0v) is 19.6. The van der Waals surface area contributed by atoms with Gasteiger partial charge in [0, 0.05) is 35.9 Å². The van der Waals surface area contributed by atoms with E-state index in [0.717, 1.165) is 28.2 Å². The molecule has 0 fully saturated rings. The highest BCUT2D eigenvalue weighted by atomic mass is 16.5. The second-order valence-corrected chi connectivity index (χ2v) is 8.00. The summed E-state index contributed by atoms with van der Waals surface area (Å²) in [6.07, 6.45) is 12.0. The predicted octanol–water partition coefficient (Wildman–Crippen LogP) is 6.44. The van der Waals surface area contributed by atoms with E-state index in [1.807, 2.05) is 35.0 Å². The zero-order chi connectivity index (χ0) is 23.4. The van der Waals surface area contributed by atoms with Gasteiger partial charge in [0.05, 0.1) is 19.9 Å². The van der Waals surface area contributed by atoms with Crippen LogP contribution in [0.15, 0.2) is 72.7 Å². The van der Waals surface area contributed by atoms with Crippen LogP contribution in [0.25, 0.3) is 23.0 Å². The van der Waals surface area contributed by atoms with Gasteiger partial charge in [0.1, 0.15) is 0 Å². The van der Waals surface area contributed by atoms with Gasteiger partial charge >= 0.3 is 0 Å². The van der Waals surface area contributed by atoms with Gasteiger partial charge < -0.3 is 19.2 Å². The summed E-state index contributed by atoms with van der Waals surface area (Å²) >= 11 is 0. The first kappa shape index (κ1) is 22.1. The molecule has 4 aromatic rings. The lowest BCUT2D eigenvalue weighted by atomic mass is 10.0. The number of allylic oxidation sites excluding steroid dienone is 3. The number of fused-ring (bicyclic) bond motifs is 1. The van der Waals surface area contributed by atoms with Crippen molar-refractivity contribution in [3.63, 3.8) is 0 Å². The molecule has 6 nitrogen and oxygen atoms in total. The molecular formula is C27H28N4O2. The van der Waals surface area contributed by atoms with Gasteiger partial charge in [-0.3, -0.25) is 0 Å². The Bertz CT molecular complexity index is 1350. The molecule has 0 spiro atoms.